The van der Waals surface area contributed by atoms with E-state index in [1.165, 1.54) is 0 Å². The first-order chi connectivity index (χ1) is 14.0. The number of benzene rings is 1. The second kappa shape index (κ2) is 6.73. The maximum atomic E-state index is 13.4. The summed E-state index contributed by atoms with van der Waals surface area (Å²) in [6.07, 6.45) is 2.39. The second-order valence-electron chi connectivity index (χ2n) is 9.09. The van der Waals surface area contributed by atoms with Crippen molar-refractivity contribution in [2.75, 3.05) is 18.9 Å². The summed E-state index contributed by atoms with van der Waals surface area (Å²) in [4.78, 5) is 51.1. The Morgan fingerprint density at radius 2 is 1.90 bits per heavy atom. The Morgan fingerprint density at radius 3 is 2.50 bits per heavy atom. The molecule has 9 heteroatoms. The molecule has 1 unspecified atom stereocenters. The minimum atomic E-state index is -1.02. The Kier molecular flexibility index (Phi) is 4.65. The SMILES string of the molecule is CNC(=O)Nc1ccc2c(c1)C1(CC1)CC21SC(=O)N(CC(=O)OC(C)(C)C)C1=O. The van der Waals surface area contributed by atoms with Crippen LogP contribution >= 0.6 is 11.8 Å². The minimum absolute atomic E-state index is 0.152. The van der Waals surface area contributed by atoms with E-state index in [0.29, 0.717) is 12.1 Å². The number of urea groups is 1. The molecule has 8 nitrogen and oxygen atoms in total. The number of esters is 1. The van der Waals surface area contributed by atoms with Crippen LogP contribution in [0.5, 0.6) is 0 Å². The first kappa shape index (κ1) is 20.7. The lowest BCUT2D eigenvalue weighted by Gasteiger charge is -2.23. The third-order valence-corrected chi connectivity index (χ3v) is 7.01. The highest BCUT2D eigenvalue weighted by Gasteiger charge is 2.66. The van der Waals surface area contributed by atoms with Crippen LogP contribution in [0.2, 0.25) is 0 Å². The van der Waals surface area contributed by atoms with E-state index >= 15 is 0 Å². The summed E-state index contributed by atoms with van der Waals surface area (Å²) in [5.74, 6) is -0.966. The van der Waals surface area contributed by atoms with Crippen molar-refractivity contribution in [3.8, 4) is 0 Å². The van der Waals surface area contributed by atoms with Crippen molar-refractivity contribution >= 4 is 40.6 Å². The highest BCUT2D eigenvalue weighted by molar-refractivity contribution is 8.15. The van der Waals surface area contributed by atoms with E-state index in [9.17, 15) is 19.2 Å². The zero-order valence-electron chi connectivity index (χ0n) is 17.5. The smallest absolute Gasteiger partial charge is 0.326 e. The lowest BCUT2D eigenvalue weighted by atomic mass is 9.97. The number of fused-ring (bicyclic) bond motifs is 3. The fraction of sp³-hybridized carbons (Fsp3) is 0.524. The number of carbonyl (C=O) groups excluding carboxylic acids is 4. The van der Waals surface area contributed by atoms with E-state index in [1.807, 2.05) is 12.1 Å². The third-order valence-electron chi connectivity index (χ3n) is 5.73. The van der Waals surface area contributed by atoms with Gasteiger partial charge in [-0.25, -0.2) is 4.79 Å². The largest absolute Gasteiger partial charge is 0.459 e. The maximum Gasteiger partial charge on any atom is 0.326 e. The summed E-state index contributed by atoms with van der Waals surface area (Å²) in [5, 5.41) is 4.85. The number of nitrogens with zero attached hydrogens (tertiary/aromatic N) is 1. The molecule has 1 atom stereocenters. The molecule has 1 aliphatic heterocycles. The van der Waals surface area contributed by atoms with Gasteiger partial charge in [-0.1, -0.05) is 6.07 Å². The summed E-state index contributed by atoms with van der Waals surface area (Å²) in [5.41, 5.74) is 1.60. The number of amides is 4. The quantitative estimate of drug-likeness (QED) is 0.713. The van der Waals surface area contributed by atoms with Crippen molar-refractivity contribution in [2.24, 2.45) is 0 Å². The van der Waals surface area contributed by atoms with E-state index in [-0.39, 0.29) is 23.9 Å². The standard InChI is InChI=1S/C21H25N3O5S/c1-19(2,3)29-15(25)10-24-16(26)21(30-18(24)28)11-20(7-8-20)14-9-12(5-6-13(14)21)23-17(27)22-4/h5-6,9H,7-8,10-11H2,1-4H3,(H2,22,23,27). The van der Waals surface area contributed by atoms with E-state index in [0.717, 1.165) is 40.6 Å². The average molecular weight is 432 g/mol. The maximum absolute atomic E-state index is 13.4. The molecular weight excluding hydrogens is 406 g/mol. The molecule has 1 aromatic carbocycles. The fourth-order valence-electron chi connectivity index (χ4n) is 4.34. The fourth-order valence-corrected chi connectivity index (χ4v) is 5.73. The van der Waals surface area contributed by atoms with Gasteiger partial charge in [-0.3, -0.25) is 19.3 Å². The number of anilines is 1. The van der Waals surface area contributed by atoms with Gasteiger partial charge in [-0.2, -0.15) is 0 Å². The van der Waals surface area contributed by atoms with Gasteiger partial charge >= 0.3 is 12.0 Å². The average Bonchev–Trinajstić information content (AvgIpc) is 3.32. The van der Waals surface area contributed by atoms with E-state index < -0.39 is 21.6 Å². The predicted molar refractivity (Wildman–Crippen MR) is 112 cm³/mol. The van der Waals surface area contributed by atoms with Crippen LogP contribution in [0.1, 0.15) is 51.2 Å². The number of imide groups is 1. The van der Waals surface area contributed by atoms with Crippen LogP contribution in [0.3, 0.4) is 0 Å². The van der Waals surface area contributed by atoms with Crippen molar-refractivity contribution in [3.63, 3.8) is 0 Å². The van der Waals surface area contributed by atoms with Gasteiger partial charge in [0.05, 0.1) is 0 Å². The molecule has 0 aromatic heterocycles. The molecule has 160 valence electrons. The number of hydrogen-bond acceptors (Lipinski definition) is 6. The summed E-state index contributed by atoms with van der Waals surface area (Å²) >= 11 is 0.991. The number of ether oxygens (including phenoxy) is 1. The van der Waals surface area contributed by atoms with E-state index in [1.54, 1.807) is 33.9 Å². The molecule has 4 rings (SSSR count). The molecule has 0 radical (unpaired) electrons. The monoisotopic (exact) mass is 431 g/mol. The van der Waals surface area contributed by atoms with Crippen LogP contribution < -0.4 is 10.6 Å². The Balaban J connectivity index is 1.63. The normalized spacial score (nSPS) is 23.7. The van der Waals surface area contributed by atoms with Crippen LogP contribution in [0.15, 0.2) is 18.2 Å². The molecule has 2 fully saturated rings. The topological polar surface area (TPSA) is 105 Å². The van der Waals surface area contributed by atoms with Crippen LogP contribution in [-0.2, 0) is 24.5 Å². The molecular formula is C21H25N3O5S. The highest BCUT2D eigenvalue weighted by Crippen LogP contribution is 2.68. The van der Waals surface area contributed by atoms with Gasteiger partial charge in [-0.05, 0) is 80.5 Å². The van der Waals surface area contributed by atoms with Crippen molar-refractivity contribution in [1.29, 1.82) is 0 Å². The molecule has 2 aliphatic carbocycles. The zero-order chi connectivity index (χ0) is 21.9. The second-order valence-corrected chi connectivity index (χ2v) is 10.3. The Hall–Kier alpha value is -2.55. The molecule has 30 heavy (non-hydrogen) atoms. The summed E-state index contributed by atoms with van der Waals surface area (Å²) in [6, 6.07) is 5.15. The summed E-state index contributed by atoms with van der Waals surface area (Å²) < 4.78 is 4.28. The Morgan fingerprint density at radius 1 is 1.20 bits per heavy atom. The van der Waals surface area contributed by atoms with Gasteiger partial charge in [0.15, 0.2) is 0 Å². The number of nitrogens with one attached hydrogen (secondary N) is 2. The molecule has 4 amide bonds. The van der Waals surface area contributed by atoms with Crippen LogP contribution in [0, 0.1) is 0 Å². The number of hydrogen-bond donors (Lipinski definition) is 2. The van der Waals surface area contributed by atoms with Gasteiger partial charge in [0, 0.05) is 12.7 Å². The Bertz CT molecular complexity index is 966. The predicted octanol–water partition coefficient (Wildman–Crippen LogP) is 3.11. The highest BCUT2D eigenvalue weighted by atomic mass is 32.2. The molecule has 3 aliphatic rings. The van der Waals surface area contributed by atoms with Gasteiger partial charge in [-0.15, -0.1) is 0 Å². The van der Waals surface area contributed by atoms with Gasteiger partial charge < -0.3 is 15.4 Å². The first-order valence-electron chi connectivity index (χ1n) is 9.90. The van der Waals surface area contributed by atoms with Crippen LogP contribution in [0.25, 0.3) is 0 Å². The molecule has 0 bridgehead atoms. The molecule has 1 saturated carbocycles. The minimum Gasteiger partial charge on any atom is -0.459 e. The Labute approximate surface area is 179 Å². The first-order valence-corrected chi connectivity index (χ1v) is 10.7. The van der Waals surface area contributed by atoms with Crippen LogP contribution in [0.4, 0.5) is 15.3 Å². The molecule has 1 aromatic rings. The van der Waals surface area contributed by atoms with Crippen molar-refractivity contribution < 1.29 is 23.9 Å². The molecule has 2 N–H and O–H groups in total. The summed E-state index contributed by atoms with van der Waals surface area (Å²) in [7, 11) is 1.54. The molecule has 2 spiro atoms. The summed E-state index contributed by atoms with van der Waals surface area (Å²) in [6.45, 7) is 4.83. The third kappa shape index (κ3) is 3.34. The lowest BCUT2D eigenvalue weighted by Crippen LogP contribution is -2.41. The van der Waals surface area contributed by atoms with E-state index in [4.69, 9.17) is 4.74 Å². The van der Waals surface area contributed by atoms with Crippen molar-refractivity contribution in [2.45, 2.75) is 55.8 Å². The van der Waals surface area contributed by atoms with Crippen molar-refractivity contribution in [1.82, 2.24) is 10.2 Å². The van der Waals surface area contributed by atoms with Gasteiger partial charge in [0.1, 0.15) is 16.9 Å². The van der Waals surface area contributed by atoms with E-state index in [2.05, 4.69) is 10.6 Å². The number of thioether (sulfide) groups is 1. The van der Waals surface area contributed by atoms with Gasteiger partial charge in [0.2, 0.25) is 0 Å². The number of carbonyl (C=O) groups is 4. The van der Waals surface area contributed by atoms with Crippen molar-refractivity contribution in [3.05, 3.63) is 29.3 Å². The lowest BCUT2D eigenvalue weighted by molar-refractivity contribution is -0.157. The van der Waals surface area contributed by atoms with Crippen LogP contribution in [-0.4, -0.2) is 47.2 Å². The zero-order valence-corrected chi connectivity index (χ0v) is 18.3. The molecule has 1 saturated heterocycles. The molecule has 1 heterocycles. The number of rotatable bonds is 3. The van der Waals surface area contributed by atoms with Gasteiger partial charge in [0.25, 0.3) is 11.1 Å².